The third-order valence-corrected chi connectivity index (χ3v) is 2.23. The van der Waals surface area contributed by atoms with E-state index in [-0.39, 0.29) is 6.04 Å². The molecule has 1 aliphatic rings. The molecule has 0 spiro atoms. The Labute approximate surface area is 73.2 Å². The number of rotatable bonds is 6. The van der Waals surface area contributed by atoms with Gasteiger partial charge in [-0.05, 0) is 31.7 Å². The lowest BCUT2D eigenvalue weighted by Crippen LogP contribution is -2.37. The molecular weight excluding hydrogens is 154 g/mol. The topological polar surface area (TPSA) is 49.3 Å². The van der Waals surface area contributed by atoms with Crippen molar-refractivity contribution in [1.82, 2.24) is 5.32 Å². The monoisotopic (exact) mass is 171 g/mol. The van der Waals surface area contributed by atoms with Crippen LogP contribution in [0.2, 0.25) is 0 Å². The molecule has 0 aromatic heterocycles. The molecule has 0 amide bonds. The second-order valence-electron chi connectivity index (χ2n) is 3.53. The first-order valence-corrected chi connectivity index (χ1v) is 4.70. The van der Waals surface area contributed by atoms with Gasteiger partial charge in [0.1, 0.15) is 6.04 Å². The van der Waals surface area contributed by atoms with Crippen LogP contribution >= 0.6 is 0 Å². The summed E-state index contributed by atoms with van der Waals surface area (Å²) < 4.78 is 0. The van der Waals surface area contributed by atoms with Gasteiger partial charge in [0, 0.05) is 0 Å². The predicted molar refractivity (Wildman–Crippen MR) is 47.1 cm³/mol. The summed E-state index contributed by atoms with van der Waals surface area (Å²) in [5, 5.41) is 11.9. The number of nitrogens with one attached hydrogen (secondary N) is 1. The van der Waals surface area contributed by atoms with Crippen molar-refractivity contribution in [1.29, 1.82) is 0 Å². The summed E-state index contributed by atoms with van der Waals surface area (Å²) in [4.78, 5) is 10.7. The van der Waals surface area contributed by atoms with E-state index in [1.807, 2.05) is 6.92 Å². The van der Waals surface area contributed by atoms with Crippen molar-refractivity contribution in [3.63, 3.8) is 0 Å². The van der Waals surface area contributed by atoms with Gasteiger partial charge in [-0.2, -0.15) is 0 Å². The molecule has 1 unspecified atom stereocenters. The summed E-state index contributed by atoms with van der Waals surface area (Å²) in [6.45, 7) is 2.89. The summed E-state index contributed by atoms with van der Waals surface area (Å²) in [5.41, 5.74) is 0. The average molecular weight is 171 g/mol. The van der Waals surface area contributed by atoms with E-state index in [1.54, 1.807) is 0 Å². The van der Waals surface area contributed by atoms with Gasteiger partial charge in [0.25, 0.3) is 0 Å². The molecule has 0 saturated heterocycles. The Hall–Kier alpha value is -0.570. The van der Waals surface area contributed by atoms with E-state index < -0.39 is 5.97 Å². The van der Waals surface area contributed by atoms with Crippen molar-refractivity contribution in [3.05, 3.63) is 0 Å². The van der Waals surface area contributed by atoms with Crippen LogP contribution in [0, 0.1) is 5.92 Å². The van der Waals surface area contributed by atoms with Crippen LogP contribution in [0.1, 0.15) is 32.6 Å². The number of carbonyl (C=O) groups is 1. The largest absolute Gasteiger partial charge is 0.480 e. The van der Waals surface area contributed by atoms with E-state index in [0.717, 1.165) is 25.3 Å². The van der Waals surface area contributed by atoms with E-state index >= 15 is 0 Å². The fraction of sp³-hybridized carbons (Fsp3) is 0.889. The molecular formula is C9H17NO2. The maximum atomic E-state index is 10.7. The molecule has 2 N–H and O–H groups in total. The van der Waals surface area contributed by atoms with E-state index in [2.05, 4.69) is 5.32 Å². The third kappa shape index (κ3) is 3.22. The highest BCUT2D eigenvalue weighted by Gasteiger charge is 2.23. The van der Waals surface area contributed by atoms with Crippen molar-refractivity contribution in [3.8, 4) is 0 Å². The van der Waals surface area contributed by atoms with E-state index in [9.17, 15) is 4.79 Å². The highest BCUT2D eigenvalue weighted by atomic mass is 16.4. The first-order chi connectivity index (χ1) is 5.74. The Morgan fingerprint density at radius 2 is 2.33 bits per heavy atom. The fourth-order valence-electron chi connectivity index (χ4n) is 1.23. The molecule has 1 fully saturated rings. The van der Waals surface area contributed by atoms with Gasteiger partial charge in [-0.1, -0.05) is 13.3 Å². The number of hydrogen-bond donors (Lipinski definition) is 2. The summed E-state index contributed by atoms with van der Waals surface area (Å²) in [7, 11) is 0. The van der Waals surface area contributed by atoms with Crippen LogP contribution in [0.4, 0.5) is 0 Å². The lowest BCUT2D eigenvalue weighted by Gasteiger charge is -2.12. The van der Waals surface area contributed by atoms with Gasteiger partial charge < -0.3 is 10.4 Å². The number of carboxylic acid groups (broad SMARTS) is 1. The van der Waals surface area contributed by atoms with Crippen LogP contribution in [0.3, 0.4) is 0 Å². The van der Waals surface area contributed by atoms with Crippen molar-refractivity contribution < 1.29 is 9.90 Å². The minimum absolute atomic E-state index is 0.324. The smallest absolute Gasteiger partial charge is 0.320 e. The third-order valence-electron chi connectivity index (χ3n) is 2.23. The maximum Gasteiger partial charge on any atom is 0.320 e. The molecule has 1 saturated carbocycles. The van der Waals surface area contributed by atoms with Gasteiger partial charge in [-0.15, -0.1) is 0 Å². The van der Waals surface area contributed by atoms with Gasteiger partial charge in [0.2, 0.25) is 0 Å². The lowest BCUT2D eigenvalue weighted by molar-refractivity contribution is -0.139. The zero-order valence-electron chi connectivity index (χ0n) is 7.55. The summed E-state index contributed by atoms with van der Waals surface area (Å²) in [6.07, 6.45) is 4.20. The second-order valence-corrected chi connectivity index (χ2v) is 3.53. The molecule has 0 aromatic carbocycles. The van der Waals surface area contributed by atoms with Crippen molar-refractivity contribution in [2.24, 2.45) is 5.92 Å². The SMILES string of the molecule is CCCC(NCC1CC1)C(=O)O. The molecule has 3 nitrogen and oxygen atoms in total. The van der Waals surface area contributed by atoms with Gasteiger partial charge in [-0.25, -0.2) is 0 Å². The zero-order valence-corrected chi connectivity index (χ0v) is 7.55. The molecule has 70 valence electrons. The molecule has 12 heavy (non-hydrogen) atoms. The molecule has 1 aliphatic carbocycles. The maximum absolute atomic E-state index is 10.7. The Kier molecular flexibility index (Phi) is 3.53. The van der Waals surface area contributed by atoms with Crippen molar-refractivity contribution in [2.45, 2.75) is 38.6 Å². The summed E-state index contributed by atoms with van der Waals surface area (Å²) in [6, 6.07) is -0.324. The van der Waals surface area contributed by atoms with E-state index in [0.29, 0.717) is 0 Å². The summed E-state index contributed by atoms with van der Waals surface area (Å²) >= 11 is 0. The van der Waals surface area contributed by atoms with Crippen LogP contribution in [0.5, 0.6) is 0 Å². The van der Waals surface area contributed by atoms with Crippen LogP contribution in [0.15, 0.2) is 0 Å². The highest BCUT2D eigenvalue weighted by molar-refractivity contribution is 5.73. The minimum atomic E-state index is -0.711. The number of hydrogen-bond acceptors (Lipinski definition) is 2. The first kappa shape index (κ1) is 9.52. The molecule has 0 aliphatic heterocycles. The van der Waals surface area contributed by atoms with Gasteiger partial charge in [-0.3, -0.25) is 4.79 Å². The molecule has 0 bridgehead atoms. The number of aliphatic carboxylic acids is 1. The highest BCUT2D eigenvalue weighted by Crippen LogP contribution is 2.27. The number of carboxylic acids is 1. The molecule has 1 atom stereocenters. The molecule has 0 heterocycles. The molecule has 0 radical (unpaired) electrons. The second kappa shape index (κ2) is 4.45. The van der Waals surface area contributed by atoms with E-state index in [4.69, 9.17) is 5.11 Å². The van der Waals surface area contributed by atoms with Crippen LogP contribution in [-0.2, 0) is 4.79 Å². The van der Waals surface area contributed by atoms with Gasteiger partial charge in [0.15, 0.2) is 0 Å². The Morgan fingerprint density at radius 1 is 1.67 bits per heavy atom. The summed E-state index contributed by atoms with van der Waals surface area (Å²) in [5.74, 6) is 0.0428. The molecule has 1 rings (SSSR count). The predicted octanol–water partition coefficient (Wildman–Crippen LogP) is 1.24. The molecule has 3 heteroatoms. The quantitative estimate of drug-likeness (QED) is 0.632. The van der Waals surface area contributed by atoms with Gasteiger partial charge in [0.05, 0.1) is 0 Å². The normalized spacial score (nSPS) is 19.1. The van der Waals surface area contributed by atoms with Crippen LogP contribution in [-0.4, -0.2) is 23.7 Å². The lowest BCUT2D eigenvalue weighted by atomic mass is 10.1. The van der Waals surface area contributed by atoms with Crippen molar-refractivity contribution >= 4 is 5.97 Å². The zero-order chi connectivity index (χ0) is 8.97. The Bertz CT molecular complexity index is 155. The van der Waals surface area contributed by atoms with Crippen molar-refractivity contribution in [2.75, 3.05) is 6.54 Å². The minimum Gasteiger partial charge on any atom is -0.480 e. The van der Waals surface area contributed by atoms with E-state index in [1.165, 1.54) is 12.8 Å². The fourth-order valence-corrected chi connectivity index (χ4v) is 1.23. The van der Waals surface area contributed by atoms with Crippen LogP contribution < -0.4 is 5.32 Å². The first-order valence-electron chi connectivity index (χ1n) is 4.70. The standard InChI is InChI=1S/C9H17NO2/c1-2-3-8(9(11)12)10-6-7-4-5-7/h7-8,10H,2-6H2,1H3,(H,11,12). The Balaban J connectivity index is 2.16. The van der Waals surface area contributed by atoms with Gasteiger partial charge >= 0.3 is 5.97 Å². The average Bonchev–Trinajstić information content (AvgIpc) is 2.80. The molecule has 0 aromatic rings. The van der Waals surface area contributed by atoms with Crippen LogP contribution in [0.25, 0.3) is 0 Å². The Morgan fingerprint density at radius 3 is 2.75 bits per heavy atom.